The minimum atomic E-state index is -0.782. The Bertz CT molecular complexity index is 2100. The molecule has 0 radical (unpaired) electrons. The van der Waals surface area contributed by atoms with Crippen molar-refractivity contribution in [1.29, 1.82) is 0 Å². The van der Waals surface area contributed by atoms with Crippen LogP contribution in [0.4, 0.5) is 22.2 Å². The van der Waals surface area contributed by atoms with Crippen molar-refractivity contribution in [2.45, 2.75) is 44.7 Å². The Balaban J connectivity index is 0.890. The van der Waals surface area contributed by atoms with Crippen molar-refractivity contribution in [3.63, 3.8) is 0 Å². The van der Waals surface area contributed by atoms with Crippen LogP contribution in [0.25, 0.3) is 11.0 Å². The summed E-state index contributed by atoms with van der Waals surface area (Å²) in [5, 5.41) is 8.05. The summed E-state index contributed by atoms with van der Waals surface area (Å²) in [5.41, 5.74) is 3.76. The van der Waals surface area contributed by atoms with E-state index in [1.807, 2.05) is 30.5 Å². The monoisotopic (exact) mass is 705 g/mol. The van der Waals surface area contributed by atoms with Gasteiger partial charge >= 0.3 is 6.03 Å². The number of aromatic nitrogens is 4. The molecule has 1 aliphatic carbocycles. The molecule has 268 valence electrons. The van der Waals surface area contributed by atoms with E-state index in [4.69, 9.17) is 4.98 Å². The number of anilines is 3. The van der Waals surface area contributed by atoms with Gasteiger partial charge in [-0.15, -0.1) is 0 Å². The molecule has 3 aliphatic heterocycles. The van der Waals surface area contributed by atoms with Crippen LogP contribution in [-0.2, 0) is 11.3 Å². The van der Waals surface area contributed by atoms with Gasteiger partial charge in [-0.05, 0) is 48.7 Å². The van der Waals surface area contributed by atoms with Crippen LogP contribution in [0.1, 0.15) is 74.9 Å². The van der Waals surface area contributed by atoms with Gasteiger partial charge in [0, 0.05) is 70.9 Å². The van der Waals surface area contributed by atoms with Crippen molar-refractivity contribution < 1.29 is 24.0 Å². The number of fused-ring (bicyclic) bond motifs is 2. The minimum Gasteiger partial charge on any atom is -0.368 e. The summed E-state index contributed by atoms with van der Waals surface area (Å²) in [6.07, 6.45) is 7.90. The first-order valence-corrected chi connectivity index (χ1v) is 17.6. The maximum Gasteiger partial charge on any atom is 0.343 e. The lowest BCUT2D eigenvalue weighted by Crippen LogP contribution is -2.58. The second-order valence-electron chi connectivity index (χ2n) is 13.8. The zero-order valence-electron chi connectivity index (χ0n) is 29.0. The molecule has 0 unspecified atom stereocenters. The standard InChI is InChI=1S/C36H39N11O5/c1-42(2)34(51)28-18-23-19-38-35(41-31(23)46(28)24-5-3-4-6-24)39-29-10-8-25(20-37-29)44-15-13-43(14-16-44)21-22-7-9-26-27(17-22)33(50)47(32(26)49)45-12-11-30(48)40-36(45)52/h7-10,17-20,24H,3-6,11-16,21H2,1-2H3,(H,40,48,52)(H,37,38,39,41). The van der Waals surface area contributed by atoms with Crippen LogP contribution in [0.3, 0.4) is 0 Å². The quantitative estimate of drug-likeness (QED) is 0.258. The lowest BCUT2D eigenvalue weighted by Gasteiger charge is -2.36. The number of carbonyl (C=O) groups excluding carboxylic acids is 5. The zero-order chi connectivity index (χ0) is 36.1. The van der Waals surface area contributed by atoms with Crippen molar-refractivity contribution in [2.75, 3.05) is 57.0 Å². The van der Waals surface area contributed by atoms with Crippen LogP contribution in [-0.4, -0.2) is 116 Å². The number of hydrazine groups is 1. The van der Waals surface area contributed by atoms with Gasteiger partial charge < -0.3 is 19.7 Å². The van der Waals surface area contributed by atoms with Gasteiger partial charge in [-0.2, -0.15) is 9.99 Å². The van der Waals surface area contributed by atoms with Gasteiger partial charge in [0.1, 0.15) is 17.2 Å². The summed E-state index contributed by atoms with van der Waals surface area (Å²) >= 11 is 0. The summed E-state index contributed by atoms with van der Waals surface area (Å²) in [7, 11) is 3.52. The summed E-state index contributed by atoms with van der Waals surface area (Å²) < 4.78 is 2.09. The van der Waals surface area contributed by atoms with Gasteiger partial charge in [-0.3, -0.25) is 29.4 Å². The van der Waals surface area contributed by atoms with Gasteiger partial charge in [0.2, 0.25) is 11.9 Å². The van der Waals surface area contributed by atoms with E-state index in [1.54, 1.807) is 37.3 Å². The number of urea groups is 1. The summed E-state index contributed by atoms with van der Waals surface area (Å²) in [6, 6.07) is 10.5. The Kier molecular flexibility index (Phi) is 8.53. The van der Waals surface area contributed by atoms with Crippen LogP contribution in [0.2, 0.25) is 0 Å². The Morgan fingerprint density at radius 3 is 2.38 bits per heavy atom. The maximum atomic E-state index is 13.2. The molecule has 2 N–H and O–H groups in total. The third kappa shape index (κ3) is 6.08. The molecule has 52 heavy (non-hydrogen) atoms. The molecule has 4 aliphatic rings. The van der Waals surface area contributed by atoms with Crippen LogP contribution >= 0.6 is 0 Å². The van der Waals surface area contributed by atoms with Crippen molar-refractivity contribution in [2.24, 2.45) is 0 Å². The number of imide groups is 2. The average molecular weight is 706 g/mol. The van der Waals surface area contributed by atoms with Crippen LogP contribution < -0.4 is 15.5 Å². The van der Waals surface area contributed by atoms with Crippen LogP contribution in [0, 0.1) is 0 Å². The highest BCUT2D eigenvalue weighted by Crippen LogP contribution is 2.35. The molecule has 0 spiro atoms. The van der Waals surface area contributed by atoms with Crippen molar-refractivity contribution in [3.05, 3.63) is 71.2 Å². The minimum absolute atomic E-state index is 0.0120. The molecule has 2 saturated heterocycles. The molecular weight excluding hydrogens is 666 g/mol. The molecule has 3 fully saturated rings. The SMILES string of the molecule is CN(C)C(=O)c1cc2cnc(Nc3ccc(N4CCN(Cc5ccc6c(c5)C(=O)N(N5CCC(=O)NC5=O)C6=O)CC4)cn3)nc2n1C1CCCC1. The van der Waals surface area contributed by atoms with E-state index in [2.05, 4.69) is 35.0 Å². The fourth-order valence-corrected chi connectivity index (χ4v) is 7.52. The van der Waals surface area contributed by atoms with Gasteiger partial charge in [0.05, 0.1) is 29.6 Å². The van der Waals surface area contributed by atoms with Gasteiger partial charge in [0.15, 0.2) is 0 Å². The predicted octanol–water partition coefficient (Wildman–Crippen LogP) is 3.16. The van der Waals surface area contributed by atoms with Crippen LogP contribution in [0.15, 0.2) is 48.8 Å². The van der Waals surface area contributed by atoms with E-state index in [0.29, 0.717) is 24.0 Å². The lowest BCUT2D eigenvalue weighted by atomic mass is 10.1. The molecule has 4 aromatic rings. The van der Waals surface area contributed by atoms with Crippen molar-refractivity contribution in [3.8, 4) is 0 Å². The average Bonchev–Trinajstić information content (AvgIpc) is 3.86. The number of hydrogen-bond donors (Lipinski definition) is 2. The number of benzene rings is 1. The molecular formula is C36H39N11O5. The smallest absolute Gasteiger partial charge is 0.343 e. The highest BCUT2D eigenvalue weighted by atomic mass is 16.2. The lowest BCUT2D eigenvalue weighted by molar-refractivity contribution is -0.122. The van der Waals surface area contributed by atoms with E-state index in [1.165, 1.54) is 0 Å². The zero-order valence-corrected chi connectivity index (χ0v) is 29.0. The first kappa shape index (κ1) is 33.3. The highest BCUT2D eigenvalue weighted by molar-refractivity contribution is 6.22. The van der Waals surface area contributed by atoms with E-state index in [-0.39, 0.29) is 36.0 Å². The second-order valence-corrected chi connectivity index (χ2v) is 13.8. The molecule has 16 nitrogen and oxygen atoms in total. The molecule has 0 atom stereocenters. The van der Waals surface area contributed by atoms with E-state index in [9.17, 15) is 24.0 Å². The molecule has 6 heterocycles. The Labute approximate surface area is 299 Å². The van der Waals surface area contributed by atoms with E-state index in [0.717, 1.165) is 84.2 Å². The maximum absolute atomic E-state index is 13.2. The molecule has 3 aromatic heterocycles. The molecule has 1 saturated carbocycles. The fraction of sp³-hybridized carbons (Fsp3) is 0.389. The first-order valence-electron chi connectivity index (χ1n) is 17.6. The molecule has 16 heteroatoms. The van der Waals surface area contributed by atoms with Gasteiger partial charge in [-0.25, -0.2) is 19.8 Å². The largest absolute Gasteiger partial charge is 0.368 e. The normalized spacial score (nSPS) is 18.4. The number of amides is 6. The first-order chi connectivity index (χ1) is 25.1. The number of pyridine rings is 1. The highest BCUT2D eigenvalue weighted by Gasteiger charge is 2.43. The fourth-order valence-electron chi connectivity index (χ4n) is 7.52. The number of piperazine rings is 1. The second kappa shape index (κ2) is 13.3. The molecule has 0 bridgehead atoms. The molecule has 1 aromatic carbocycles. The third-order valence-corrected chi connectivity index (χ3v) is 10.2. The Morgan fingerprint density at radius 2 is 1.67 bits per heavy atom. The topological polar surface area (TPSA) is 169 Å². The Hall–Kier alpha value is -5.90. The number of rotatable bonds is 8. The van der Waals surface area contributed by atoms with Crippen molar-refractivity contribution in [1.82, 2.24) is 44.7 Å². The number of nitrogens with zero attached hydrogens (tertiary/aromatic N) is 9. The summed E-state index contributed by atoms with van der Waals surface area (Å²) in [5.74, 6) is -0.601. The van der Waals surface area contributed by atoms with Gasteiger partial charge in [0.25, 0.3) is 17.7 Å². The molecule has 6 amide bonds. The number of carbonyl (C=O) groups is 5. The number of nitrogens with one attached hydrogen (secondary N) is 2. The van der Waals surface area contributed by atoms with E-state index < -0.39 is 23.8 Å². The predicted molar refractivity (Wildman–Crippen MR) is 190 cm³/mol. The number of hydrogen-bond acceptors (Lipinski definition) is 11. The molecule has 8 rings (SSSR count). The van der Waals surface area contributed by atoms with E-state index >= 15 is 0 Å². The summed E-state index contributed by atoms with van der Waals surface area (Å²) in [6.45, 7) is 3.68. The summed E-state index contributed by atoms with van der Waals surface area (Å²) in [4.78, 5) is 83.3. The van der Waals surface area contributed by atoms with Crippen molar-refractivity contribution >= 4 is 58.1 Å². The third-order valence-electron chi connectivity index (χ3n) is 10.2. The van der Waals surface area contributed by atoms with Crippen LogP contribution in [0.5, 0.6) is 0 Å². The Morgan fingerprint density at radius 1 is 0.904 bits per heavy atom. The van der Waals surface area contributed by atoms with Gasteiger partial charge in [-0.1, -0.05) is 18.9 Å².